The molecule has 5 heteroatoms. The normalized spacial score (nSPS) is 10.5. The van der Waals surface area contributed by atoms with Crippen LogP contribution in [-0.4, -0.2) is 22.9 Å². The third-order valence-corrected chi connectivity index (χ3v) is 2.72. The molecule has 0 radical (unpaired) electrons. The van der Waals surface area contributed by atoms with Gasteiger partial charge in [0.25, 0.3) is 0 Å². The van der Waals surface area contributed by atoms with Crippen molar-refractivity contribution in [2.24, 2.45) is 5.73 Å². The maximum atomic E-state index is 6.21. The molecule has 1 aromatic heterocycles. The van der Waals surface area contributed by atoms with E-state index in [-0.39, 0.29) is 0 Å². The number of nitrogens with zero attached hydrogens (tertiary/aromatic N) is 2. The van der Waals surface area contributed by atoms with E-state index >= 15 is 0 Å². The Kier molecular flexibility index (Phi) is 4.01. The van der Waals surface area contributed by atoms with E-state index in [1.807, 2.05) is 30.5 Å². The van der Waals surface area contributed by atoms with Gasteiger partial charge in [-0.3, -0.25) is 0 Å². The van der Waals surface area contributed by atoms with Gasteiger partial charge in [-0.2, -0.15) is 5.10 Å². The summed E-state index contributed by atoms with van der Waals surface area (Å²) in [5.74, 6) is 0. The first-order valence-electron chi connectivity index (χ1n) is 5.55. The van der Waals surface area contributed by atoms with E-state index in [1.54, 1.807) is 10.9 Å². The number of para-hydroxylation sites is 1. The highest BCUT2D eigenvalue weighted by Gasteiger charge is 2.08. The maximum absolute atomic E-state index is 6.21. The first-order chi connectivity index (χ1) is 8.33. The Balaban J connectivity index is 2.29. The van der Waals surface area contributed by atoms with Crippen LogP contribution in [0.2, 0.25) is 5.02 Å². The van der Waals surface area contributed by atoms with E-state index in [9.17, 15) is 0 Å². The van der Waals surface area contributed by atoms with Gasteiger partial charge in [0, 0.05) is 18.9 Å². The summed E-state index contributed by atoms with van der Waals surface area (Å²) in [4.78, 5) is 0. The lowest BCUT2D eigenvalue weighted by Crippen LogP contribution is -2.10. The predicted molar refractivity (Wildman–Crippen MR) is 70.7 cm³/mol. The number of aromatic nitrogens is 2. The Morgan fingerprint density at radius 1 is 1.35 bits per heavy atom. The molecule has 0 spiro atoms. The molecule has 0 saturated carbocycles. The fraction of sp³-hybridized carbons (Fsp3) is 0.250. The first-order valence-corrected chi connectivity index (χ1v) is 5.93. The molecule has 3 N–H and O–H groups in total. The number of rotatable bonds is 5. The van der Waals surface area contributed by atoms with Gasteiger partial charge >= 0.3 is 0 Å². The first kappa shape index (κ1) is 12.0. The standard InChI is InChI=1S/C12H15ClN4/c13-10-4-1-5-11(15-7-2-6-14)12(10)17-9-3-8-16-17/h1,3-5,8-9,15H,2,6-7,14H2. The average Bonchev–Trinajstić information content (AvgIpc) is 2.83. The molecule has 17 heavy (non-hydrogen) atoms. The van der Waals surface area contributed by atoms with Gasteiger partial charge in [0.1, 0.15) is 5.69 Å². The molecule has 0 aliphatic carbocycles. The minimum absolute atomic E-state index is 0.671. The lowest BCUT2D eigenvalue weighted by atomic mass is 10.2. The molecule has 1 heterocycles. The molecule has 90 valence electrons. The third kappa shape index (κ3) is 2.78. The van der Waals surface area contributed by atoms with Crippen LogP contribution in [0.3, 0.4) is 0 Å². The molecule has 0 unspecified atom stereocenters. The van der Waals surface area contributed by atoms with Gasteiger partial charge in [-0.05, 0) is 31.2 Å². The molecule has 0 aliphatic rings. The van der Waals surface area contributed by atoms with Gasteiger partial charge in [0.05, 0.1) is 10.7 Å². The Morgan fingerprint density at radius 3 is 2.94 bits per heavy atom. The van der Waals surface area contributed by atoms with Crippen molar-refractivity contribution in [2.45, 2.75) is 6.42 Å². The molecule has 1 aromatic carbocycles. The van der Waals surface area contributed by atoms with Crippen LogP contribution in [0.4, 0.5) is 5.69 Å². The molecule has 2 rings (SSSR count). The van der Waals surface area contributed by atoms with Gasteiger partial charge in [0.15, 0.2) is 0 Å². The maximum Gasteiger partial charge on any atom is 0.106 e. The highest BCUT2D eigenvalue weighted by Crippen LogP contribution is 2.27. The van der Waals surface area contributed by atoms with E-state index in [2.05, 4.69) is 10.4 Å². The van der Waals surface area contributed by atoms with Crippen molar-refractivity contribution in [3.05, 3.63) is 41.7 Å². The van der Waals surface area contributed by atoms with E-state index in [4.69, 9.17) is 17.3 Å². The monoisotopic (exact) mass is 250 g/mol. The van der Waals surface area contributed by atoms with Crippen LogP contribution >= 0.6 is 11.6 Å². The van der Waals surface area contributed by atoms with Crippen LogP contribution in [0.5, 0.6) is 0 Å². The van der Waals surface area contributed by atoms with Crippen LogP contribution < -0.4 is 11.1 Å². The highest BCUT2D eigenvalue weighted by atomic mass is 35.5. The molecule has 0 saturated heterocycles. The summed E-state index contributed by atoms with van der Waals surface area (Å²) in [6.45, 7) is 1.50. The Labute approximate surface area is 105 Å². The summed E-state index contributed by atoms with van der Waals surface area (Å²) < 4.78 is 1.76. The summed E-state index contributed by atoms with van der Waals surface area (Å²) in [5.41, 5.74) is 7.31. The number of hydrogen-bond donors (Lipinski definition) is 2. The zero-order valence-corrected chi connectivity index (χ0v) is 10.2. The van der Waals surface area contributed by atoms with Crippen LogP contribution in [0.1, 0.15) is 6.42 Å². The fourth-order valence-corrected chi connectivity index (χ4v) is 1.88. The topological polar surface area (TPSA) is 55.9 Å². The van der Waals surface area contributed by atoms with Crippen molar-refractivity contribution in [2.75, 3.05) is 18.4 Å². The van der Waals surface area contributed by atoms with Gasteiger partial charge in [-0.1, -0.05) is 17.7 Å². The van der Waals surface area contributed by atoms with Crippen LogP contribution in [-0.2, 0) is 0 Å². The smallest absolute Gasteiger partial charge is 0.106 e. The second kappa shape index (κ2) is 5.70. The van der Waals surface area contributed by atoms with Crippen LogP contribution in [0.15, 0.2) is 36.7 Å². The number of benzene rings is 1. The molecular weight excluding hydrogens is 236 g/mol. The van der Waals surface area contributed by atoms with Gasteiger partial charge in [-0.25, -0.2) is 4.68 Å². The fourth-order valence-electron chi connectivity index (χ4n) is 1.62. The molecule has 0 aliphatic heterocycles. The number of anilines is 1. The Hall–Kier alpha value is -1.52. The predicted octanol–water partition coefficient (Wildman–Crippen LogP) is 2.29. The minimum Gasteiger partial charge on any atom is -0.383 e. The summed E-state index contributed by atoms with van der Waals surface area (Å²) in [6, 6.07) is 7.62. The largest absolute Gasteiger partial charge is 0.383 e. The number of hydrogen-bond acceptors (Lipinski definition) is 3. The molecule has 0 fully saturated rings. The minimum atomic E-state index is 0.671. The number of nitrogens with one attached hydrogen (secondary N) is 1. The second-order valence-corrected chi connectivity index (χ2v) is 4.06. The second-order valence-electron chi connectivity index (χ2n) is 3.66. The molecular formula is C12H15ClN4. The van der Waals surface area contributed by atoms with Crippen LogP contribution in [0, 0.1) is 0 Å². The van der Waals surface area contributed by atoms with Crippen molar-refractivity contribution >= 4 is 17.3 Å². The van der Waals surface area contributed by atoms with Gasteiger partial charge < -0.3 is 11.1 Å². The summed E-state index contributed by atoms with van der Waals surface area (Å²) in [5, 5.41) is 8.19. The van der Waals surface area contributed by atoms with Gasteiger partial charge in [-0.15, -0.1) is 0 Å². The van der Waals surface area contributed by atoms with Crippen molar-refractivity contribution in [3.8, 4) is 5.69 Å². The zero-order valence-electron chi connectivity index (χ0n) is 9.44. The lowest BCUT2D eigenvalue weighted by Gasteiger charge is -2.13. The quantitative estimate of drug-likeness (QED) is 0.801. The summed E-state index contributed by atoms with van der Waals surface area (Å²) in [6.07, 6.45) is 4.52. The van der Waals surface area contributed by atoms with Crippen LogP contribution in [0.25, 0.3) is 5.69 Å². The SMILES string of the molecule is NCCCNc1cccc(Cl)c1-n1cccn1. The Morgan fingerprint density at radius 2 is 2.24 bits per heavy atom. The summed E-state index contributed by atoms with van der Waals surface area (Å²) >= 11 is 6.21. The van der Waals surface area contributed by atoms with E-state index < -0.39 is 0 Å². The molecule has 0 atom stereocenters. The lowest BCUT2D eigenvalue weighted by molar-refractivity contribution is 0.858. The van der Waals surface area contributed by atoms with Crippen molar-refractivity contribution in [3.63, 3.8) is 0 Å². The molecule has 0 amide bonds. The number of halogens is 1. The van der Waals surface area contributed by atoms with E-state index in [0.29, 0.717) is 11.6 Å². The average molecular weight is 251 g/mol. The zero-order chi connectivity index (χ0) is 12.1. The van der Waals surface area contributed by atoms with Crippen molar-refractivity contribution in [1.82, 2.24) is 9.78 Å². The van der Waals surface area contributed by atoms with E-state index in [1.165, 1.54) is 0 Å². The molecule has 0 bridgehead atoms. The third-order valence-electron chi connectivity index (χ3n) is 2.42. The van der Waals surface area contributed by atoms with Gasteiger partial charge in [0.2, 0.25) is 0 Å². The van der Waals surface area contributed by atoms with E-state index in [0.717, 1.165) is 24.3 Å². The van der Waals surface area contributed by atoms with Crippen molar-refractivity contribution in [1.29, 1.82) is 0 Å². The molecule has 4 nitrogen and oxygen atoms in total. The summed E-state index contributed by atoms with van der Waals surface area (Å²) in [7, 11) is 0. The molecule has 2 aromatic rings. The number of nitrogens with two attached hydrogens (primary N) is 1. The highest BCUT2D eigenvalue weighted by molar-refractivity contribution is 6.33. The van der Waals surface area contributed by atoms with Crippen molar-refractivity contribution < 1.29 is 0 Å². The Bertz CT molecular complexity index is 467.